The molecule has 0 saturated carbocycles. The summed E-state index contributed by atoms with van der Waals surface area (Å²) in [6.07, 6.45) is 1.30. The summed E-state index contributed by atoms with van der Waals surface area (Å²) in [5.41, 5.74) is -1.28. The number of nitro benzene ring substituents is 1. The molecule has 1 heterocycles. The molecule has 0 aliphatic rings. The highest BCUT2D eigenvalue weighted by molar-refractivity contribution is 9.10. The minimum absolute atomic E-state index is 0.0173. The molecule has 17 heavy (non-hydrogen) atoms. The van der Waals surface area contributed by atoms with Crippen LogP contribution in [0.1, 0.15) is 0 Å². The molecule has 5 nitrogen and oxygen atoms in total. The number of hydrogen-bond acceptors (Lipinski definition) is 3. The van der Waals surface area contributed by atoms with E-state index >= 15 is 0 Å². The van der Waals surface area contributed by atoms with E-state index < -0.39 is 27.8 Å². The molecule has 0 fully saturated rings. The van der Waals surface area contributed by atoms with E-state index in [-0.39, 0.29) is 5.69 Å². The smallest absolute Gasteiger partial charge is 0.276 e. The van der Waals surface area contributed by atoms with Gasteiger partial charge < -0.3 is 0 Å². The summed E-state index contributed by atoms with van der Waals surface area (Å²) >= 11 is 3.04. The SMILES string of the molecule is O=[N+]([O-])c1ccc(F)c(-c2[nH]ncc2Br)c1F. The maximum absolute atomic E-state index is 13.8. The molecule has 1 aromatic heterocycles. The summed E-state index contributed by atoms with van der Waals surface area (Å²) in [5, 5.41) is 16.5. The van der Waals surface area contributed by atoms with E-state index in [9.17, 15) is 18.9 Å². The predicted molar refractivity (Wildman–Crippen MR) is 58.3 cm³/mol. The van der Waals surface area contributed by atoms with Crippen LogP contribution in [0, 0.1) is 21.7 Å². The Balaban J connectivity index is 2.73. The fourth-order valence-electron chi connectivity index (χ4n) is 1.36. The van der Waals surface area contributed by atoms with E-state index in [1.54, 1.807) is 0 Å². The molecular formula is C9H4BrF2N3O2. The van der Waals surface area contributed by atoms with Gasteiger partial charge in [0.1, 0.15) is 5.82 Å². The van der Waals surface area contributed by atoms with Crippen LogP contribution in [0.5, 0.6) is 0 Å². The van der Waals surface area contributed by atoms with Crippen molar-refractivity contribution in [3.63, 3.8) is 0 Å². The fraction of sp³-hybridized carbons (Fsp3) is 0. The molecule has 0 radical (unpaired) electrons. The minimum atomic E-state index is -1.24. The third-order valence-corrected chi connectivity index (χ3v) is 2.71. The number of nitro groups is 1. The van der Waals surface area contributed by atoms with E-state index in [1.807, 2.05) is 0 Å². The Hall–Kier alpha value is -1.83. The molecule has 0 aliphatic heterocycles. The van der Waals surface area contributed by atoms with Crippen LogP contribution in [0.2, 0.25) is 0 Å². The maximum atomic E-state index is 13.8. The molecule has 88 valence electrons. The molecule has 2 aromatic rings. The zero-order valence-electron chi connectivity index (χ0n) is 8.08. The van der Waals surface area contributed by atoms with Gasteiger partial charge in [0, 0.05) is 6.07 Å². The van der Waals surface area contributed by atoms with Gasteiger partial charge in [0.2, 0.25) is 5.82 Å². The number of aromatic nitrogens is 2. The topological polar surface area (TPSA) is 71.8 Å². The normalized spacial score (nSPS) is 10.5. The van der Waals surface area contributed by atoms with Gasteiger partial charge in [-0.25, -0.2) is 4.39 Å². The molecule has 8 heteroatoms. The minimum Gasteiger partial charge on any atom is -0.276 e. The average molecular weight is 304 g/mol. The highest BCUT2D eigenvalue weighted by Gasteiger charge is 2.24. The van der Waals surface area contributed by atoms with Crippen molar-refractivity contribution in [2.24, 2.45) is 0 Å². The molecular weight excluding hydrogens is 300 g/mol. The van der Waals surface area contributed by atoms with Crippen LogP contribution in [0.25, 0.3) is 11.3 Å². The highest BCUT2D eigenvalue weighted by Crippen LogP contribution is 2.34. The molecule has 1 aromatic carbocycles. The van der Waals surface area contributed by atoms with E-state index in [2.05, 4.69) is 26.1 Å². The van der Waals surface area contributed by atoms with Crippen molar-refractivity contribution in [2.45, 2.75) is 0 Å². The molecule has 0 aliphatic carbocycles. The van der Waals surface area contributed by atoms with E-state index in [0.29, 0.717) is 4.47 Å². The van der Waals surface area contributed by atoms with Gasteiger partial charge in [0.15, 0.2) is 0 Å². The van der Waals surface area contributed by atoms with Gasteiger partial charge in [-0.1, -0.05) is 0 Å². The highest BCUT2D eigenvalue weighted by atomic mass is 79.9. The zero-order valence-corrected chi connectivity index (χ0v) is 9.66. The van der Waals surface area contributed by atoms with Gasteiger partial charge >= 0.3 is 5.69 Å². The van der Waals surface area contributed by atoms with Crippen molar-refractivity contribution in [2.75, 3.05) is 0 Å². The average Bonchev–Trinajstić information content (AvgIpc) is 2.64. The Bertz CT molecular complexity index is 600. The number of nitrogens with zero attached hydrogens (tertiary/aromatic N) is 2. The lowest BCUT2D eigenvalue weighted by Crippen LogP contribution is -1.98. The van der Waals surface area contributed by atoms with Gasteiger partial charge in [-0.05, 0) is 22.0 Å². The van der Waals surface area contributed by atoms with E-state index in [1.165, 1.54) is 6.20 Å². The third kappa shape index (κ3) is 1.91. The van der Waals surface area contributed by atoms with Crippen LogP contribution in [0.4, 0.5) is 14.5 Å². The summed E-state index contributed by atoms with van der Waals surface area (Å²) in [6.45, 7) is 0. The molecule has 0 unspecified atom stereocenters. The first kappa shape index (κ1) is 11.6. The lowest BCUT2D eigenvalue weighted by atomic mass is 10.1. The summed E-state index contributed by atoms with van der Waals surface area (Å²) in [4.78, 5) is 9.63. The van der Waals surface area contributed by atoms with Crippen LogP contribution in [0.3, 0.4) is 0 Å². The van der Waals surface area contributed by atoms with Crippen LogP contribution >= 0.6 is 15.9 Å². The first-order valence-electron chi connectivity index (χ1n) is 4.34. The number of benzene rings is 1. The second-order valence-corrected chi connectivity index (χ2v) is 3.96. The second kappa shape index (κ2) is 4.21. The number of nitrogens with one attached hydrogen (secondary N) is 1. The number of H-pyrrole nitrogens is 1. The lowest BCUT2D eigenvalue weighted by Gasteiger charge is -2.03. The summed E-state index contributed by atoms with van der Waals surface area (Å²) < 4.78 is 27.6. The van der Waals surface area contributed by atoms with Gasteiger partial charge in [0.05, 0.1) is 26.9 Å². The van der Waals surface area contributed by atoms with Crippen molar-refractivity contribution >= 4 is 21.6 Å². The molecule has 2 rings (SSSR count). The summed E-state index contributed by atoms with van der Waals surface area (Å²) in [5.74, 6) is -2.14. The third-order valence-electron chi connectivity index (χ3n) is 2.11. The molecule has 0 spiro atoms. The van der Waals surface area contributed by atoms with E-state index in [0.717, 1.165) is 12.1 Å². The largest absolute Gasteiger partial charge is 0.305 e. The van der Waals surface area contributed by atoms with Crippen LogP contribution in [-0.2, 0) is 0 Å². The van der Waals surface area contributed by atoms with Crippen molar-refractivity contribution in [1.82, 2.24) is 10.2 Å². The predicted octanol–water partition coefficient (Wildman–Crippen LogP) is 3.03. The maximum Gasteiger partial charge on any atom is 0.305 e. The van der Waals surface area contributed by atoms with Crippen LogP contribution < -0.4 is 0 Å². The Morgan fingerprint density at radius 1 is 1.41 bits per heavy atom. The van der Waals surface area contributed by atoms with Gasteiger partial charge in [-0.2, -0.15) is 9.49 Å². The van der Waals surface area contributed by atoms with Gasteiger partial charge in [-0.15, -0.1) is 0 Å². The zero-order chi connectivity index (χ0) is 12.6. The van der Waals surface area contributed by atoms with Gasteiger partial charge in [-0.3, -0.25) is 15.2 Å². The second-order valence-electron chi connectivity index (χ2n) is 3.11. The Morgan fingerprint density at radius 3 is 2.65 bits per heavy atom. The van der Waals surface area contributed by atoms with Crippen LogP contribution in [0.15, 0.2) is 22.8 Å². The Morgan fingerprint density at radius 2 is 2.12 bits per heavy atom. The summed E-state index contributed by atoms with van der Waals surface area (Å²) in [6, 6.07) is 1.61. The molecule has 0 bridgehead atoms. The number of aromatic amines is 1. The molecule has 0 atom stereocenters. The molecule has 1 N–H and O–H groups in total. The molecule has 0 amide bonds. The Kier molecular flexibility index (Phi) is 2.88. The lowest BCUT2D eigenvalue weighted by molar-refractivity contribution is -0.387. The quantitative estimate of drug-likeness (QED) is 0.684. The van der Waals surface area contributed by atoms with Crippen LogP contribution in [-0.4, -0.2) is 15.1 Å². The molecule has 0 saturated heterocycles. The standard InChI is InChI=1S/C9H4BrF2N3O2/c10-4-3-13-14-9(4)7-5(11)1-2-6(8(7)12)15(16)17/h1-3H,(H,13,14). The Labute approximate surface area is 102 Å². The van der Waals surface area contributed by atoms with Crippen molar-refractivity contribution in [3.05, 3.63) is 44.6 Å². The summed E-state index contributed by atoms with van der Waals surface area (Å²) in [7, 11) is 0. The number of hydrogen-bond donors (Lipinski definition) is 1. The monoisotopic (exact) mass is 303 g/mol. The van der Waals surface area contributed by atoms with Crippen molar-refractivity contribution < 1.29 is 13.7 Å². The first-order chi connectivity index (χ1) is 8.02. The number of halogens is 3. The van der Waals surface area contributed by atoms with Gasteiger partial charge in [0.25, 0.3) is 0 Å². The van der Waals surface area contributed by atoms with Crippen molar-refractivity contribution in [3.8, 4) is 11.3 Å². The van der Waals surface area contributed by atoms with E-state index in [4.69, 9.17) is 0 Å². The fourth-order valence-corrected chi connectivity index (χ4v) is 1.75. The number of rotatable bonds is 2. The van der Waals surface area contributed by atoms with Crippen molar-refractivity contribution in [1.29, 1.82) is 0 Å². The first-order valence-corrected chi connectivity index (χ1v) is 5.13.